The fourth-order valence-corrected chi connectivity index (χ4v) is 2.13. The topological polar surface area (TPSA) is 53.4 Å². The van der Waals surface area contributed by atoms with Crippen molar-refractivity contribution in [3.8, 4) is 0 Å². The summed E-state index contributed by atoms with van der Waals surface area (Å²) < 4.78 is 0. The van der Waals surface area contributed by atoms with Gasteiger partial charge < -0.3 is 10.0 Å². The van der Waals surface area contributed by atoms with E-state index in [0.29, 0.717) is 11.5 Å². The molecule has 0 bridgehead atoms. The fourth-order valence-electron chi connectivity index (χ4n) is 2.13. The van der Waals surface area contributed by atoms with E-state index in [1.165, 1.54) is 6.20 Å². The molecule has 0 aliphatic carbocycles. The van der Waals surface area contributed by atoms with Crippen LogP contribution in [0.25, 0.3) is 0 Å². The summed E-state index contributed by atoms with van der Waals surface area (Å²) in [5.74, 6) is -0.267. The number of aromatic nitrogens is 1. The molecule has 1 fully saturated rings. The van der Waals surface area contributed by atoms with Crippen molar-refractivity contribution in [3.05, 3.63) is 23.5 Å². The Morgan fingerprint density at radius 3 is 2.94 bits per heavy atom. The first-order valence-electron chi connectivity index (χ1n) is 5.53. The van der Waals surface area contributed by atoms with E-state index in [4.69, 9.17) is 5.11 Å². The summed E-state index contributed by atoms with van der Waals surface area (Å²) in [6.45, 7) is 5.94. The van der Waals surface area contributed by atoms with E-state index in [9.17, 15) is 4.79 Å². The third-order valence-electron chi connectivity index (χ3n) is 3.01. The molecule has 1 atom stereocenters. The number of aryl methyl sites for hydroxylation is 1. The number of aromatic carboxylic acids is 1. The molecule has 4 nitrogen and oxygen atoms in total. The van der Waals surface area contributed by atoms with Gasteiger partial charge in [0.25, 0.3) is 0 Å². The van der Waals surface area contributed by atoms with E-state index in [-0.39, 0.29) is 0 Å². The predicted molar refractivity (Wildman–Crippen MR) is 61.9 cm³/mol. The highest BCUT2D eigenvalue weighted by Gasteiger charge is 2.23. The maximum absolute atomic E-state index is 11.1. The lowest BCUT2D eigenvalue weighted by Gasteiger charge is -2.20. The minimum atomic E-state index is -0.901. The third-order valence-corrected chi connectivity index (χ3v) is 3.01. The van der Waals surface area contributed by atoms with Crippen molar-refractivity contribution in [1.82, 2.24) is 4.98 Å². The summed E-state index contributed by atoms with van der Waals surface area (Å²) >= 11 is 0. The summed E-state index contributed by atoms with van der Waals surface area (Å²) in [4.78, 5) is 17.3. The number of hydrogen-bond donors (Lipinski definition) is 1. The van der Waals surface area contributed by atoms with E-state index >= 15 is 0 Å². The Morgan fingerprint density at radius 2 is 2.38 bits per heavy atom. The molecule has 86 valence electrons. The van der Waals surface area contributed by atoms with Gasteiger partial charge in [-0.1, -0.05) is 6.92 Å². The molecule has 0 saturated carbocycles. The zero-order chi connectivity index (χ0) is 11.7. The van der Waals surface area contributed by atoms with Crippen LogP contribution in [-0.4, -0.2) is 29.1 Å². The van der Waals surface area contributed by atoms with Crippen molar-refractivity contribution in [3.63, 3.8) is 0 Å². The zero-order valence-electron chi connectivity index (χ0n) is 9.60. The summed E-state index contributed by atoms with van der Waals surface area (Å²) in [5.41, 5.74) is 1.98. The zero-order valence-corrected chi connectivity index (χ0v) is 9.60. The molecule has 16 heavy (non-hydrogen) atoms. The van der Waals surface area contributed by atoms with Gasteiger partial charge in [-0.2, -0.15) is 0 Å². The SMILES string of the molecule is Cc1cc(N2CCC(C)C2)c(C(=O)O)cn1. The summed E-state index contributed by atoms with van der Waals surface area (Å²) in [6.07, 6.45) is 2.58. The molecule has 0 amide bonds. The second-order valence-electron chi connectivity index (χ2n) is 4.49. The maximum atomic E-state index is 11.1. The van der Waals surface area contributed by atoms with Gasteiger partial charge in [-0.3, -0.25) is 4.98 Å². The van der Waals surface area contributed by atoms with E-state index in [2.05, 4.69) is 16.8 Å². The normalized spacial score (nSPS) is 20.1. The summed E-state index contributed by atoms with van der Waals surface area (Å²) in [6, 6.07) is 1.86. The second kappa shape index (κ2) is 4.12. The Labute approximate surface area is 94.9 Å². The Balaban J connectivity index is 2.37. The molecule has 1 aromatic rings. The minimum Gasteiger partial charge on any atom is -0.478 e. The van der Waals surface area contributed by atoms with Crippen LogP contribution in [0.3, 0.4) is 0 Å². The van der Waals surface area contributed by atoms with E-state index in [1.807, 2.05) is 13.0 Å². The lowest BCUT2D eigenvalue weighted by molar-refractivity contribution is 0.0697. The number of carboxylic acids is 1. The van der Waals surface area contributed by atoms with Crippen molar-refractivity contribution in [2.45, 2.75) is 20.3 Å². The first kappa shape index (κ1) is 10.9. The largest absolute Gasteiger partial charge is 0.478 e. The number of pyridine rings is 1. The van der Waals surface area contributed by atoms with Crippen molar-refractivity contribution in [2.75, 3.05) is 18.0 Å². The molecule has 1 aliphatic heterocycles. The molecule has 4 heteroatoms. The molecule has 1 unspecified atom stereocenters. The van der Waals surface area contributed by atoms with Crippen LogP contribution >= 0.6 is 0 Å². The van der Waals surface area contributed by atoms with Gasteiger partial charge >= 0.3 is 5.97 Å². The molecule has 1 N–H and O–H groups in total. The van der Waals surface area contributed by atoms with Gasteiger partial charge in [0.1, 0.15) is 5.56 Å². The molecule has 2 heterocycles. The van der Waals surface area contributed by atoms with Gasteiger partial charge in [0, 0.05) is 25.0 Å². The van der Waals surface area contributed by atoms with Gasteiger partial charge in [0.05, 0.1) is 5.69 Å². The van der Waals surface area contributed by atoms with Gasteiger partial charge in [0.15, 0.2) is 0 Å². The van der Waals surface area contributed by atoms with E-state index in [0.717, 1.165) is 30.9 Å². The van der Waals surface area contributed by atoms with Crippen LogP contribution < -0.4 is 4.90 Å². The average Bonchev–Trinajstić information content (AvgIpc) is 2.64. The highest BCUT2D eigenvalue weighted by molar-refractivity contribution is 5.94. The van der Waals surface area contributed by atoms with Crippen LogP contribution in [0.5, 0.6) is 0 Å². The number of hydrogen-bond acceptors (Lipinski definition) is 3. The molecular weight excluding hydrogens is 204 g/mol. The Kier molecular flexibility index (Phi) is 2.81. The first-order valence-corrected chi connectivity index (χ1v) is 5.53. The predicted octanol–water partition coefficient (Wildman–Crippen LogP) is 1.93. The van der Waals surface area contributed by atoms with Crippen LogP contribution in [0.15, 0.2) is 12.3 Å². The molecule has 1 saturated heterocycles. The highest BCUT2D eigenvalue weighted by Crippen LogP contribution is 2.27. The van der Waals surface area contributed by atoms with Crippen LogP contribution in [0.1, 0.15) is 29.4 Å². The number of carboxylic acid groups (broad SMARTS) is 1. The van der Waals surface area contributed by atoms with Crippen LogP contribution in [-0.2, 0) is 0 Å². The smallest absolute Gasteiger partial charge is 0.339 e. The third kappa shape index (κ3) is 2.01. The lowest BCUT2D eigenvalue weighted by atomic mass is 10.1. The average molecular weight is 220 g/mol. The van der Waals surface area contributed by atoms with E-state index < -0.39 is 5.97 Å². The van der Waals surface area contributed by atoms with Gasteiger partial charge in [-0.15, -0.1) is 0 Å². The molecule has 2 rings (SSSR count). The lowest BCUT2D eigenvalue weighted by Crippen LogP contribution is -2.22. The van der Waals surface area contributed by atoms with Gasteiger partial charge in [-0.25, -0.2) is 4.79 Å². The quantitative estimate of drug-likeness (QED) is 0.827. The van der Waals surface area contributed by atoms with Gasteiger partial charge in [-0.05, 0) is 25.3 Å². The van der Waals surface area contributed by atoms with Crippen LogP contribution in [0, 0.1) is 12.8 Å². The molecule has 1 aliphatic rings. The van der Waals surface area contributed by atoms with Gasteiger partial charge in [0.2, 0.25) is 0 Å². The molecular formula is C12H16N2O2. The number of carbonyl (C=O) groups is 1. The minimum absolute atomic E-state index is 0.305. The second-order valence-corrected chi connectivity index (χ2v) is 4.49. The summed E-state index contributed by atoms with van der Waals surface area (Å²) in [5, 5.41) is 9.12. The van der Waals surface area contributed by atoms with Crippen molar-refractivity contribution < 1.29 is 9.90 Å². The van der Waals surface area contributed by atoms with Crippen LogP contribution in [0.2, 0.25) is 0 Å². The monoisotopic (exact) mass is 220 g/mol. The first-order chi connectivity index (χ1) is 7.58. The fraction of sp³-hybridized carbons (Fsp3) is 0.500. The van der Waals surface area contributed by atoms with Crippen molar-refractivity contribution in [2.24, 2.45) is 5.92 Å². The standard InChI is InChI=1S/C12H16N2O2/c1-8-3-4-14(7-8)11-5-9(2)13-6-10(11)12(15)16/h5-6,8H,3-4,7H2,1-2H3,(H,15,16). The highest BCUT2D eigenvalue weighted by atomic mass is 16.4. The number of rotatable bonds is 2. The summed E-state index contributed by atoms with van der Waals surface area (Å²) in [7, 11) is 0. The van der Waals surface area contributed by atoms with Crippen molar-refractivity contribution in [1.29, 1.82) is 0 Å². The van der Waals surface area contributed by atoms with E-state index in [1.54, 1.807) is 0 Å². The Hall–Kier alpha value is -1.58. The number of nitrogens with zero attached hydrogens (tertiary/aromatic N) is 2. The maximum Gasteiger partial charge on any atom is 0.339 e. The molecule has 0 spiro atoms. The number of anilines is 1. The van der Waals surface area contributed by atoms with Crippen LogP contribution in [0.4, 0.5) is 5.69 Å². The Morgan fingerprint density at radius 1 is 1.62 bits per heavy atom. The molecule has 0 radical (unpaired) electrons. The Bertz CT molecular complexity index is 417. The van der Waals surface area contributed by atoms with Crippen molar-refractivity contribution >= 4 is 11.7 Å². The molecule has 0 aromatic carbocycles. The molecule has 1 aromatic heterocycles.